The van der Waals surface area contributed by atoms with Crippen molar-refractivity contribution in [2.45, 2.75) is 42.0 Å². The monoisotopic (exact) mass is 560 g/mol. The summed E-state index contributed by atoms with van der Waals surface area (Å²) < 4.78 is 34.8. The van der Waals surface area contributed by atoms with E-state index in [-0.39, 0.29) is 33.8 Å². The van der Waals surface area contributed by atoms with Crippen LogP contribution in [0.25, 0.3) is 10.9 Å². The van der Waals surface area contributed by atoms with Crippen molar-refractivity contribution in [1.82, 2.24) is 14.9 Å². The second-order valence-electron chi connectivity index (χ2n) is 8.75. The van der Waals surface area contributed by atoms with Gasteiger partial charge >= 0.3 is 5.97 Å². The van der Waals surface area contributed by atoms with Gasteiger partial charge in [0.15, 0.2) is 5.16 Å². The van der Waals surface area contributed by atoms with Crippen LogP contribution in [0.5, 0.6) is 0 Å². The van der Waals surface area contributed by atoms with E-state index < -0.39 is 16.0 Å². The van der Waals surface area contributed by atoms with Crippen molar-refractivity contribution in [3.05, 3.63) is 63.9 Å². The van der Waals surface area contributed by atoms with E-state index in [4.69, 9.17) is 14.6 Å². The predicted molar refractivity (Wildman–Crippen MR) is 142 cm³/mol. The molecule has 1 amide bonds. The third kappa shape index (κ3) is 6.78. The van der Waals surface area contributed by atoms with Crippen LogP contribution in [-0.4, -0.2) is 62.0 Å². The number of nitrogens with one attached hydrogen (secondary N) is 1. The molecule has 1 atom stereocenters. The summed E-state index contributed by atoms with van der Waals surface area (Å²) in [4.78, 5) is 42.5. The first-order valence-corrected chi connectivity index (χ1v) is 14.4. The second-order valence-corrected chi connectivity index (χ2v) is 11.3. The van der Waals surface area contributed by atoms with Crippen molar-refractivity contribution in [3.63, 3.8) is 0 Å². The van der Waals surface area contributed by atoms with Gasteiger partial charge in [0.25, 0.3) is 5.56 Å². The van der Waals surface area contributed by atoms with Crippen LogP contribution < -0.4 is 16.0 Å². The number of aromatic nitrogens is 2. The van der Waals surface area contributed by atoms with Crippen LogP contribution in [0.4, 0.5) is 0 Å². The van der Waals surface area contributed by atoms with Crippen LogP contribution in [0.1, 0.15) is 28.8 Å². The Morgan fingerprint density at radius 2 is 2.00 bits per heavy atom. The first kappa shape index (κ1) is 27.8. The molecule has 13 heteroatoms. The molecular weight excluding hydrogens is 532 g/mol. The van der Waals surface area contributed by atoms with Gasteiger partial charge in [-0.3, -0.25) is 14.2 Å². The lowest BCUT2D eigenvalue weighted by atomic mass is 10.1. The zero-order valence-corrected chi connectivity index (χ0v) is 22.3. The molecule has 3 N–H and O–H groups in total. The Labute approximate surface area is 223 Å². The van der Waals surface area contributed by atoms with Crippen LogP contribution in [0.3, 0.4) is 0 Å². The van der Waals surface area contributed by atoms with Crippen molar-refractivity contribution >= 4 is 44.6 Å². The summed E-state index contributed by atoms with van der Waals surface area (Å²) >= 11 is 1.13. The minimum Gasteiger partial charge on any atom is -0.465 e. The number of amides is 1. The maximum absolute atomic E-state index is 13.3. The summed E-state index contributed by atoms with van der Waals surface area (Å²) in [6.45, 7) is 1.29. The number of rotatable bonds is 10. The highest BCUT2D eigenvalue weighted by Crippen LogP contribution is 2.22. The molecule has 0 radical (unpaired) electrons. The molecule has 4 rings (SSSR count). The number of ether oxygens (including phenoxy) is 2. The smallest absolute Gasteiger partial charge is 0.337 e. The molecule has 0 spiro atoms. The van der Waals surface area contributed by atoms with Crippen molar-refractivity contribution in [2.75, 3.05) is 26.0 Å². The molecule has 1 aliphatic heterocycles. The van der Waals surface area contributed by atoms with Gasteiger partial charge in [0.05, 0.1) is 46.9 Å². The predicted octanol–water partition coefficient (Wildman–Crippen LogP) is 1.46. The van der Waals surface area contributed by atoms with Crippen LogP contribution in [0, 0.1) is 0 Å². The average Bonchev–Trinajstić information content (AvgIpc) is 3.41. The van der Waals surface area contributed by atoms with Crippen LogP contribution in [-0.2, 0) is 37.3 Å². The van der Waals surface area contributed by atoms with Gasteiger partial charge in [-0.15, -0.1) is 0 Å². The summed E-state index contributed by atoms with van der Waals surface area (Å²) in [6.07, 6.45) is 2.12. The summed E-state index contributed by atoms with van der Waals surface area (Å²) in [6, 6.07) is 10.7. The van der Waals surface area contributed by atoms with E-state index in [1.807, 2.05) is 0 Å². The molecule has 1 saturated heterocycles. The molecule has 0 unspecified atom stereocenters. The molecule has 2 heterocycles. The molecule has 1 fully saturated rings. The highest BCUT2D eigenvalue weighted by atomic mass is 32.2. The Morgan fingerprint density at radius 3 is 2.66 bits per heavy atom. The van der Waals surface area contributed by atoms with Crippen molar-refractivity contribution in [2.24, 2.45) is 5.14 Å². The minimum atomic E-state index is -3.76. The third-order valence-electron chi connectivity index (χ3n) is 6.07. The molecule has 3 aromatic rings. The Bertz CT molecular complexity index is 1500. The fraction of sp³-hybridized carbons (Fsp3) is 0.360. The number of sulfonamides is 1. The zero-order valence-electron chi connectivity index (χ0n) is 20.7. The topological polar surface area (TPSA) is 160 Å². The number of hydrogen-bond acceptors (Lipinski definition) is 9. The fourth-order valence-electron chi connectivity index (χ4n) is 4.08. The molecule has 202 valence electrons. The van der Waals surface area contributed by atoms with Crippen LogP contribution >= 0.6 is 11.8 Å². The summed E-state index contributed by atoms with van der Waals surface area (Å²) in [5.41, 5.74) is 1.18. The fourth-order valence-corrected chi connectivity index (χ4v) is 5.44. The van der Waals surface area contributed by atoms with E-state index in [2.05, 4.69) is 10.3 Å². The normalized spacial score (nSPS) is 15.5. The van der Waals surface area contributed by atoms with Gasteiger partial charge in [-0.25, -0.2) is 23.3 Å². The molecule has 0 saturated carbocycles. The van der Waals surface area contributed by atoms with Crippen molar-refractivity contribution in [1.29, 1.82) is 0 Å². The van der Waals surface area contributed by atoms with Crippen LogP contribution in [0.2, 0.25) is 0 Å². The number of methoxy groups -OCH3 is 1. The number of esters is 1. The molecule has 1 aromatic heterocycles. The standard InChI is InChI=1S/C25H28N4O7S2/c1-35-24(32)17-6-9-20-21(13-17)28-25(29(23(20)31)14-18-3-2-12-36-18)37-15-22(30)27-11-10-16-4-7-19(8-5-16)38(26,33)34/h4-9,13,18H,2-3,10-12,14-15H2,1H3,(H,27,30)(H2,26,33,34)/t18-/m0/s1. The van der Waals surface area contributed by atoms with Crippen molar-refractivity contribution < 1.29 is 27.5 Å². The van der Waals surface area contributed by atoms with Gasteiger partial charge in [0.2, 0.25) is 15.9 Å². The number of carbonyl (C=O) groups excluding carboxylic acids is 2. The van der Waals surface area contributed by atoms with Gasteiger partial charge < -0.3 is 14.8 Å². The lowest BCUT2D eigenvalue weighted by molar-refractivity contribution is -0.118. The number of fused-ring (bicyclic) bond motifs is 1. The lowest BCUT2D eigenvalue weighted by Gasteiger charge is -2.16. The first-order chi connectivity index (χ1) is 18.2. The van der Waals surface area contributed by atoms with Gasteiger partial charge in [0.1, 0.15) is 0 Å². The number of carbonyl (C=O) groups is 2. The van der Waals surface area contributed by atoms with Gasteiger partial charge in [0, 0.05) is 13.2 Å². The Hall–Kier alpha value is -3.26. The summed E-state index contributed by atoms with van der Waals surface area (Å²) in [5, 5.41) is 8.64. The van der Waals surface area contributed by atoms with E-state index in [0.717, 1.165) is 30.2 Å². The average molecular weight is 561 g/mol. The minimum absolute atomic E-state index is 0.0184. The SMILES string of the molecule is COC(=O)c1ccc2c(=O)n(C[C@@H]3CCCO3)c(SCC(=O)NCCc3ccc(S(N)(=O)=O)cc3)nc2c1. The Kier molecular flexibility index (Phi) is 8.82. The molecule has 11 nitrogen and oxygen atoms in total. The number of thioether (sulfide) groups is 1. The maximum Gasteiger partial charge on any atom is 0.337 e. The summed E-state index contributed by atoms with van der Waals surface area (Å²) in [7, 11) is -2.48. The van der Waals surface area contributed by atoms with Gasteiger partial charge in [-0.1, -0.05) is 23.9 Å². The largest absolute Gasteiger partial charge is 0.465 e. The molecule has 0 bridgehead atoms. The summed E-state index contributed by atoms with van der Waals surface area (Å²) in [5.74, 6) is -0.771. The van der Waals surface area contributed by atoms with Crippen LogP contribution in [0.15, 0.2) is 57.3 Å². The number of nitrogens with zero attached hydrogens (tertiary/aromatic N) is 2. The zero-order chi connectivity index (χ0) is 27.3. The van der Waals surface area contributed by atoms with E-state index in [0.29, 0.717) is 42.2 Å². The molecule has 2 aromatic carbocycles. The van der Waals surface area contributed by atoms with E-state index >= 15 is 0 Å². The number of primary sulfonamides is 1. The highest BCUT2D eigenvalue weighted by molar-refractivity contribution is 7.99. The first-order valence-electron chi connectivity index (χ1n) is 11.9. The lowest BCUT2D eigenvalue weighted by Crippen LogP contribution is -2.30. The number of benzene rings is 2. The number of nitrogens with two attached hydrogens (primary N) is 1. The van der Waals surface area contributed by atoms with E-state index in [1.165, 1.54) is 35.9 Å². The van der Waals surface area contributed by atoms with E-state index in [9.17, 15) is 22.8 Å². The second kappa shape index (κ2) is 12.1. The maximum atomic E-state index is 13.3. The molecular formula is C25H28N4O7S2. The molecule has 0 aliphatic carbocycles. The van der Waals surface area contributed by atoms with Gasteiger partial charge in [-0.2, -0.15) is 0 Å². The quantitative estimate of drug-likeness (QED) is 0.213. The molecule has 1 aliphatic rings. The Balaban J connectivity index is 1.46. The molecule has 38 heavy (non-hydrogen) atoms. The number of hydrogen-bond donors (Lipinski definition) is 2. The highest BCUT2D eigenvalue weighted by Gasteiger charge is 2.21. The Morgan fingerprint density at radius 1 is 1.24 bits per heavy atom. The van der Waals surface area contributed by atoms with Crippen molar-refractivity contribution in [3.8, 4) is 0 Å². The van der Waals surface area contributed by atoms with Gasteiger partial charge in [-0.05, 0) is 55.2 Å². The van der Waals surface area contributed by atoms with E-state index in [1.54, 1.807) is 18.2 Å². The third-order valence-corrected chi connectivity index (χ3v) is 7.98.